The lowest BCUT2D eigenvalue weighted by Crippen LogP contribution is -1.95. The molecule has 1 N–H and O–H groups in total. The predicted molar refractivity (Wildman–Crippen MR) is 83.6 cm³/mol. The van der Waals surface area contributed by atoms with E-state index in [1.165, 1.54) is 0 Å². The van der Waals surface area contributed by atoms with Gasteiger partial charge in [-0.3, -0.25) is 5.10 Å². The number of aromatic nitrogens is 4. The molecule has 0 spiro atoms. The van der Waals surface area contributed by atoms with E-state index >= 15 is 0 Å². The van der Waals surface area contributed by atoms with Crippen molar-refractivity contribution in [1.29, 1.82) is 0 Å². The molecule has 0 saturated carbocycles. The summed E-state index contributed by atoms with van der Waals surface area (Å²) >= 11 is 0. The van der Waals surface area contributed by atoms with Crippen molar-refractivity contribution in [2.24, 2.45) is 0 Å². The zero-order valence-electron chi connectivity index (χ0n) is 13.3. The summed E-state index contributed by atoms with van der Waals surface area (Å²) in [6, 6.07) is 7.61. The molecular formula is C16H18N4O3. The number of H-pyrrole nitrogens is 1. The first-order valence-electron chi connectivity index (χ1n) is 7.31. The van der Waals surface area contributed by atoms with Crippen LogP contribution in [0.25, 0.3) is 11.6 Å². The number of aryl methyl sites for hydroxylation is 1. The van der Waals surface area contributed by atoms with Crippen LogP contribution in [0.2, 0.25) is 0 Å². The Bertz CT molecular complexity index is 794. The lowest BCUT2D eigenvalue weighted by atomic mass is 10.1. The van der Waals surface area contributed by atoms with Crippen molar-refractivity contribution in [2.45, 2.75) is 19.8 Å². The average Bonchev–Trinajstić information content (AvgIpc) is 3.23. The standard InChI is InChI=1S/C16H18N4O3/c1-4-11-9-12(19-18-11)16-17-15(20-23-16)8-10-5-6-13(21-2)14(7-10)22-3/h5-7,9H,4,8H2,1-3H3,(H,18,19). The van der Waals surface area contributed by atoms with Crippen molar-refractivity contribution in [2.75, 3.05) is 14.2 Å². The van der Waals surface area contributed by atoms with E-state index in [1.807, 2.05) is 31.2 Å². The molecule has 1 aromatic carbocycles. The number of ether oxygens (including phenoxy) is 2. The molecule has 0 fully saturated rings. The van der Waals surface area contributed by atoms with Gasteiger partial charge < -0.3 is 14.0 Å². The van der Waals surface area contributed by atoms with Crippen LogP contribution in [0, 0.1) is 0 Å². The number of nitrogens with zero attached hydrogens (tertiary/aromatic N) is 3. The molecule has 0 aliphatic heterocycles. The van der Waals surface area contributed by atoms with Crippen molar-refractivity contribution in [3.8, 4) is 23.1 Å². The van der Waals surface area contributed by atoms with Gasteiger partial charge in [0.2, 0.25) is 0 Å². The Kier molecular flexibility index (Phi) is 4.27. The first kappa shape index (κ1) is 15.1. The van der Waals surface area contributed by atoms with Gasteiger partial charge in [0.05, 0.1) is 14.2 Å². The SMILES string of the molecule is CCc1cc(-c2nc(Cc3ccc(OC)c(OC)c3)no2)n[nH]1. The van der Waals surface area contributed by atoms with Crippen LogP contribution in [-0.4, -0.2) is 34.6 Å². The minimum atomic E-state index is 0.413. The van der Waals surface area contributed by atoms with Crippen molar-refractivity contribution >= 4 is 0 Å². The van der Waals surface area contributed by atoms with Gasteiger partial charge in [-0.05, 0) is 30.2 Å². The fourth-order valence-corrected chi connectivity index (χ4v) is 2.26. The summed E-state index contributed by atoms with van der Waals surface area (Å²) in [5.74, 6) is 2.37. The van der Waals surface area contributed by atoms with Gasteiger partial charge >= 0.3 is 0 Å². The van der Waals surface area contributed by atoms with Gasteiger partial charge in [0.25, 0.3) is 5.89 Å². The second-order valence-electron chi connectivity index (χ2n) is 5.01. The number of aromatic amines is 1. The van der Waals surface area contributed by atoms with Crippen molar-refractivity contribution in [3.05, 3.63) is 41.3 Å². The Morgan fingerprint density at radius 1 is 1.13 bits per heavy atom. The van der Waals surface area contributed by atoms with Crippen molar-refractivity contribution < 1.29 is 14.0 Å². The Balaban J connectivity index is 1.79. The van der Waals surface area contributed by atoms with Crippen molar-refractivity contribution in [3.63, 3.8) is 0 Å². The summed E-state index contributed by atoms with van der Waals surface area (Å²) in [6.07, 6.45) is 1.41. The van der Waals surface area contributed by atoms with Crippen LogP contribution >= 0.6 is 0 Å². The van der Waals surface area contributed by atoms with Crippen molar-refractivity contribution in [1.82, 2.24) is 20.3 Å². The maximum absolute atomic E-state index is 5.30. The molecule has 2 heterocycles. The van der Waals surface area contributed by atoms with E-state index in [0.717, 1.165) is 17.7 Å². The van der Waals surface area contributed by atoms with Crippen LogP contribution in [0.3, 0.4) is 0 Å². The van der Waals surface area contributed by atoms with E-state index in [1.54, 1.807) is 14.2 Å². The summed E-state index contributed by atoms with van der Waals surface area (Å²) < 4.78 is 15.8. The molecular weight excluding hydrogens is 296 g/mol. The number of hydrogen-bond donors (Lipinski definition) is 1. The molecule has 3 aromatic rings. The number of hydrogen-bond acceptors (Lipinski definition) is 6. The third kappa shape index (κ3) is 3.18. The van der Waals surface area contributed by atoms with Crippen LogP contribution in [0.5, 0.6) is 11.5 Å². The predicted octanol–water partition coefficient (Wildman–Crippen LogP) is 2.63. The summed E-state index contributed by atoms with van der Waals surface area (Å²) in [5, 5.41) is 11.1. The van der Waals surface area contributed by atoms with E-state index in [2.05, 4.69) is 20.3 Å². The molecule has 0 saturated heterocycles. The van der Waals surface area contributed by atoms with E-state index in [0.29, 0.717) is 35.3 Å². The molecule has 3 rings (SSSR count). The molecule has 0 amide bonds. The Labute approximate surface area is 133 Å². The highest BCUT2D eigenvalue weighted by molar-refractivity contribution is 5.47. The summed E-state index contributed by atoms with van der Waals surface area (Å²) in [5.41, 5.74) is 2.69. The van der Waals surface area contributed by atoms with Gasteiger partial charge in [-0.15, -0.1) is 0 Å². The van der Waals surface area contributed by atoms with E-state index < -0.39 is 0 Å². The van der Waals surface area contributed by atoms with Gasteiger partial charge in [-0.2, -0.15) is 10.1 Å². The molecule has 7 nitrogen and oxygen atoms in total. The molecule has 0 aliphatic rings. The smallest absolute Gasteiger partial charge is 0.278 e. The summed E-state index contributed by atoms with van der Waals surface area (Å²) in [6.45, 7) is 2.05. The molecule has 0 unspecified atom stereocenters. The minimum absolute atomic E-state index is 0.413. The number of rotatable bonds is 6. The third-order valence-corrected chi connectivity index (χ3v) is 3.51. The fourth-order valence-electron chi connectivity index (χ4n) is 2.26. The lowest BCUT2D eigenvalue weighted by Gasteiger charge is -2.08. The number of methoxy groups -OCH3 is 2. The molecule has 0 aliphatic carbocycles. The topological polar surface area (TPSA) is 86.1 Å². The van der Waals surface area contributed by atoms with Crippen LogP contribution in [0.1, 0.15) is 24.0 Å². The third-order valence-electron chi connectivity index (χ3n) is 3.51. The summed E-state index contributed by atoms with van der Waals surface area (Å²) in [4.78, 5) is 4.39. The van der Waals surface area contributed by atoms with Gasteiger partial charge in [-0.1, -0.05) is 18.1 Å². The van der Waals surface area contributed by atoms with Crippen LogP contribution in [0.4, 0.5) is 0 Å². The highest BCUT2D eigenvalue weighted by Crippen LogP contribution is 2.28. The molecule has 7 heteroatoms. The zero-order valence-corrected chi connectivity index (χ0v) is 13.3. The normalized spacial score (nSPS) is 10.7. The van der Waals surface area contributed by atoms with Gasteiger partial charge in [-0.25, -0.2) is 0 Å². The van der Waals surface area contributed by atoms with Crippen LogP contribution in [-0.2, 0) is 12.8 Å². The second-order valence-corrected chi connectivity index (χ2v) is 5.01. The largest absolute Gasteiger partial charge is 0.493 e. The summed E-state index contributed by atoms with van der Waals surface area (Å²) in [7, 11) is 3.22. The van der Waals surface area contributed by atoms with Gasteiger partial charge in [0.15, 0.2) is 23.0 Å². The van der Waals surface area contributed by atoms with Crippen LogP contribution in [0.15, 0.2) is 28.8 Å². The van der Waals surface area contributed by atoms with E-state index in [-0.39, 0.29) is 0 Å². The zero-order chi connectivity index (χ0) is 16.2. The molecule has 0 bridgehead atoms. The second kappa shape index (κ2) is 6.51. The molecule has 0 radical (unpaired) electrons. The highest BCUT2D eigenvalue weighted by Gasteiger charge is 2.13. The molecule has 0 atom stereocenters. The lowest BCUT2D eigenvalue weighted by molar-refractivity contribution is 0.354. The average molecular weight is 314 g/mol. The molecule has 23 heavy (non-hydrogen) atoms. The number of benzene rings is 1. The fraction of sp³-hybridized carbons (Fsp3) is 0.312. The van der Waals surface area contributed by atoms with Crippen LogP contribution < -0.4 is 9.47 Å². The first-order chi connectivity index (χ1) is 11.2. The maximum atomic E-state index is 5.30. The Hall–Kier alpha value is -2.83. The Morgan fingerprint density at radius 2 is 1.96 bits per heavy atom. The molecule has 120 valence electrons. The molecule has 2 aromatic heterocycles. The number of nitrogens with one attached hydrogen (secondary N) is 1. The minimum Gasteiger partial charge on any atom is -0.493 e. The monoisotopic (exact) mass is 314 g/mol. The Morgan fingerprint density at radius 3 is 2.65 bits per heavy atom. The quantitative estimate of drug-likeness (QED) is 0.752. The van der Waals surface area contributed by atoms with Gasteiger partial charge in [0.1, 0.15) is 0 Å². The van der Waals surface area contributed by atoms with Gasteiger partial charge in [0, 0.05) is 12.1 Å². The first-order valence-corrected chi connectivity index (χ1v) is 7.31. The van der Waals surface area contributed by atoms with E-state index in [4.69, 9.17) is 14.0 Å². The maximum Gasteiger partial charge on any atom is 0.278 e. The van der Waals surface area contributed by atoms with E-state index in [9.17, 15) is 0 Å². The highest BCUT2D eigenvalue weighted by atomic mass is 16.5.